The second-order valence-corrected chi connectivity index (χ2v) is 9.41. The monoisotopic (exact) mass is 499 g/mol. The molecular formula is C26H25N7O2S. The molecule has 36 heavy (non-hydrogen) atoms. The van der Waals surface area contributed by atoms with Crippen LogP contribution in [0.2, 0.25) is 0 Å². The molecule has 1 amide bonds. The number of rotatable bonds is 7. The molecule has 1 atom stereocenters. The number of nitrogens with one attached hydrogen (secondary N) is 1. The van der Waals surface area contributed by atoms with E-state index in [4.69, 9.17) is 0 Å². The summed E-state index contributed by atoms with van der Waals surface area (Å²) in [4.78, 5) is 26.1. The lowest BCUT2D eigenvalue weighted by Gasteiger charge is -2.15. The Balaban J connectivity index is 1.32. The molecule has 3 aromatic carbocycles. The Morgan fingerprint density at radius 1 is 1.03 bits per heavy atom. The molecule has 5 aromatic rings. The maximum absolute atomic E-state index is 13.3. The van der Waals surface area contributed by atoms with Crippen molar-refractivity contribution >= 4 is 28.4 Å². The molecule has 0 bridgehead atoms. The SMILES string of the molecule is Cc1c(-n2nnnc2SCC(=O)NC(C)c2ccc3ccccc3c2)c(=O)n(-c2ccccc2)n1C. The molecule has 1 unspecified atom stereocenters. The highest BCUT2D eigenvalue weighted by Crippen LogP contribution is 2.22. The summed E-state index contributed by atoms with van der Waals surface area (Å²) in [7, 11) is 1.81. The van der Waals surface area contributed by atoms with Crippen LogP contribution in [0.15, 0.2) is 82.7 Å². The zero-order valence-corrected chi connectivity index (χ0v) is 20.9. The number of fused-ring (bicyclic) bond motifs is 1. The Kier molecular flexibility index (Phi) is 6.43. The van der Waals surface area contributed by atoms with Gasteiger partial charge in [0, 0.05) is 7.05 Å². The van der Waals surface area contributed by atoms with E-state index in [1.54, 1.807) is 9.36 Å². The van der Waals surface area contributed by atoms with Gasteiger partial charge in [-0.05, 0) is 58.8 Å². The van der Waals surface area contributed by atoms with E-state index in [-0.39, 0.29) is 23.3 Å². The number of para-hydroxylation sites is 1. The highest BCUT2D eigenvalue weighted by Gasteiger charge is 2.22. The minimum Gasteiger partial charge on any atom is -0.349 e. The van der Waals surface area contributed by atoms with Gasteiger partial charge < -0.3 is 5.32 Å². The molecule has 9 nitrogen and oxygen atoms in total. The Morgan fingerprint density at radius 3 is 2.53 bits per heavy atom. The Hall–Kier alpha value is -4.18. The highest BCUT2D eigenvalue weighted by atomic mass is 32.2. The molecule has 182 valence electrons. The summed E-state index contributed by atoms with van der Waals surface area (Å²) in [5, 5.41) is 17.6. The zero-order valence-electron chi connectivity index (χ0n) is 20.1. The average molecular weight is 500 g/mol. The molecule has 0 aliphatic rings. The van der Waals surface area contributed by atoms with Crippen molar-refractivity contribution in [1.29, 1.82) is 0 Å². The van der Waals surface area contributed by atoms with Gasteiger partial charge in [0.25, 0.3) is 5.56 Å². The standard InChI is InChI=1S/C26H25N7O2S/c1-17(20-14-13-19-9-7-8-10-21(19)15-20)27-23(34)16-36-26-28-29-30-32(26)24-18(2)31(3)33(25(24)35)22-11-5-4-6-12-22/h4-15,17H,16H2,1-3H3,(H,27,34). The topological polar surface area (TPSA) is 99.6 Å². The highest BCUT2D eigenvalue weighted by molar-refractivity contribution is 7.99. The van der Waals surface area contributed by atoms with Gasteiger partial charge in [0.2, 0.25) is 11.1 Å². The summed E-state index contributed by atoms with van der Waals surface area (Å²) in [6.07, 6.45) is 0. The molecular weight excluding hydrogens is 474 g/mol. The first-order valence-electron chi connectivity index (χ1n) is 11.5. The third kappa shape index (κ3) is 4.42. The van der Waals surface area contributed by atoms with Gasteiger partial charge in [0.05, 0.1) is 23.2 Å². The molecule has 2 heterocycles. The number of hydrogen-bond acceptors (Lipinski definition) is 6. The fourth-order valence-electron chi connectivity index (χ4n) is 4.18. The van der Waals surface area contributed by atoms with E-state index < -0.39 is 0 Å². The van der Waals surface area contributed by atoms with Crippen molar-refractivity contribution in [2.45, 2.75) is 25.0 Å². The number of aromatic nitrogens is 6. The number of hydrogen-bond donors (Lipinski definition) is 1. The van der Waals surface area contributed by atoms with E-state index in [1.165, 1.54) is 16.4 Å². The fourth-order valence-corrected chi connectivity index (χ4v) is 4.87. The molecule has 5 rings (SSSR count). The number of tetrazole rings is 1. The molecule has 0 saturated heterocycles. The number of benzene rings is 3. The lowest BCUT2D eigenvalue weighted by Crippen LogP contribution is -2.28. The van der Waals surface area contributed by atoms with Crippen molar-refractivity contribution in [1.82, 2.24) is 34.9 Å². The summed E-state index contributed by atoms with van der Waals surface area (Å²) in [6.45, 7) is 3.79. The first-order valence-corrected chi connectivity index (χ1v) is 12.5. The zero-order chi connectivity index (χ0) is 25.2. The van der Waals surface area contributed by atoms with E-state index in [0.29, 0.717) is 16.5 Å². The summed E-state index contributed by atoms with van der Waals surface area (Å²) in [5.74, 6) is -0.0430. The predicted octanol–water partition coefficient (Wildman–Crippen LogP) is 3.58. The van der Waals surface area contributed by atoms with Crippen LogP contribution in [0.3, 0.4) is 0 Å². The average Bonchev–Trinajstić information content (AvgIpc) is 3.44. The van der Waals surface area contributed by atoms with Gasteiger partial charge in [-0.2, -0.15) is 4.68 Å². The fraction of sp³-hybridized carbons (Fsp3) is 0.192. The largest absolute Gasteiger partial charge is 0.349 e. The van der Waals surface area contributed by atoms with Crippen LogP contribution in [0.1, 0.15) is 24.2 Å². The first-order chi connectivity index (χ1) is 17.4. The van der Waals surface area contributed by atoms with Gasteiger partial charge in [-0.15, -0.1) is 5.10 Å². The molecule has 2 aromatic heterocycles. The van der Waals surface area contributed by atoms with Crippen LogP contribution in [0.5, 0.6) is 0 Å². The maximum Gasteiger partial charge on any atom is 0.297 e. The number of thioether (sulfide) groups is 1. The van der Waals surface area contributed by atoms with Crippen LogP contribution >= 0.6 is 11.8 Å². The molecule has 0 saturated carbocycles. The molecule has 0 radical (unpaired) electrons. The molecule has 0 fully saturated rings. The smallest absolute Gasteiger partial charge is 0.297 e. The van der Waals surface area contributed by atoms with Crippen molar-refractivity contribution in [3.8, 4) is 11.4 Å². The minimum atomic E-state index is -0.246. The molecule has 10 heteroatoms. The van der Waals surface area contributed by atoms with E-state index in [9.17, 15) is 9.59 Å². The maximum atomic E-state index is 13.3. The van der Waals surface area contributed by atoms with Crippen molar-refractivity contribution < 1.29 is 4.79 Å². The van der Waals surface area contributed by atoms with Gasteiger partial charge in [0.15, 0.2) is 5.69 Å². The second kappa shape index (κ2) is 9.82. The lowest BCUT2D eigenvalue weighted by atomic mass is 10.0. The van der Waals surface area contributed by atoms with E-state index in [1.807, 2.05) is 69.4 Å². The number of carbonyl (C=O) groups excluding carboxylic acids is 1. The quantitative estimate of drug-likeness (QED) is 0.344. The Morgan fingerprint density at radius 2 is 1.75 bits per heavy atom. The molecule has 1 N–H and O–H groups in total. The van der Waals surface area contributed by atoms with Crippen LogP contribution < -0.4 is 10.9 Å². The summed E-state index contributed by atoms with van der Waals surface area (Å²) in [5.41, 5.74) is 2.57. The van der Waals surface area contributed by atoms with Gasteiger partial charge >= 0.3 is 0 Å². The Bertz CT molecular complexity index is 1600. The van der Waals surface area contributed by atoms with Gasteiger partial charge in [-0.3, -0.25) is 14.3 Å². The summed E-state index contributed by atoms with van der Waals surface area (Å²) in [6, 6.07) is 23.5. The normalized spacial score (nSPS) is 12.1. The van der Waals surface area contributed by atoms with Gasteiger partial charge in [0.1, 0.15) is 0 Å². The van der Waals surface area contributed by atoms with E-state index in [2.05, 4.69) is 45.1 Å². The van der Waals surface area contributed by atoms with E-state index in [0.717, 1.165) is 22.0 Å². The first kappa shape index (κ1) is 23.6. The van der Waals surface area contributed by atoms with Gasteiger partial charge in [-0.1, -0.05) is 66.4 Å². The van der Waals surface area contributed by atoms with Crippen LogP contribution in [0, 0.1) is 6.92 Å². The number of amides is 1. The van der Waals surface area contributed by atoms with Crippen molar-refractivity contribution in [3.63, 3.8) is 0 Å². The van der Waals surface area contributed by atoms with E-state index >= 15 is 0 Å². The van der Waals surface area contributed by atoms with Crippen molar-refractivity contribution in [3.05, 3.63) is 94.4 Å². The molecule has 0 aliphatic heterocycles. The second-order valence-electron chi connectivity index (χ2n) is 8.47. The van der Waals surface area contributed by atoms with Gasteiger partial charge in [-0.25, -0.2) is 4.68 Å². The third-order valence-electron chi connectivity index (χ3n) is 6.16. The molecule has 0 aliphatic carbocycles. The number of carbonyl (C=O) groups is 1. The van der Waals surface area contributed by atoms with Crippen molar-refractivity contribution in [2.75, 3.05) is 5.75 Å². The lowest BCUT2D eigenvalue weighted by molar-refractivity contribution is -0.119. The summed E-state index contributed by atoms with van der Waals surface area (Å²) < 4.78 is 4.74. The van der Waals surface area contributed by atoms with Crippen molar-refractivity contribution in [2.24, 2.45) is 7.05 Å². The van der Waals surface area contributed by atoms with Crippen LogP contribution in [0.4, 0.5) is 0 Å². The number of nitrogens with zero attached hydrogens (tertiary/aromatic N) is 6. The molecule has 0 spiro atoms. The third-order valence-corrected chi connectivity index (χ3v) is 7.08. The summed E-state index contributed by atoms with van der Waals surface area (Å²) >= 11 is 1.18. The Labute approximate surface area is 211 Å². The van der Waals surface area contributed by atoms with Crippen LogP contribution in [0.25, 0.3) is 22.1 Å². The minimum absolute atomic E-state index is 0.108. The van der Waals surface area contributed by atoms with Crippen LogP contribution in [-0.2, 0) is 11.8 Å². The predicted molar refractivity (Wildman–Crippen MR) is 140 cm³/mol. The van der Waals surface area contributed by atoms with Crippen LogP contribution in [-0.4, -0.2) is 41.2 Å².